The van der Waals surface area contributed by atoms with E-state index in [1.54, 1.807) is 6.07 Å². The van der Waals surface area contributed by atoms with Gasteiger partial charge in [-0.15, -0.1) is 10.2 Å². The first-order valence-corrected chi connectivity index (χ1v) is 10.0. The lowest BCUT2D eigenvalue weighted by Crippen LogP contribution is -2.31. The molecule has 3 aromatic rings. The molecule has 1 unspecified atom stereocenters. The molecule has 1 saturated heterocycles. The fourth-order valence-corrected chi connectivity index (χ4v) is 4.49. The molecular formula is C22H24FN5. The Labute approximate surface area is 164 Å². The largest absolute Gasteiger partial charge is 0.311 e. The first kappa shape index (κ1) is 17.5. The maximum Gasteiger partial charge on any atom is 0.150 e. The molecule has 6 heteroatoms. The third kappa shape index (κ3) is 3.12. The smallest absolute Gasteiger partial charge is 0.150 e. The zero-order valence-corrected chi connectivity index (χ0v) is 15.8. The zero-order valence-electron chi connectivity index (χ0n) is 15.8. The monoisotopic (exact) mass is 377 g/mol. The summed E-state index contributed by atoms with van der Waals surface area (Å²) in [7, 11) is 0. The highest BCUT2D eigenvalue weighted by Crippen LogP contribution is 2.35. The molecule has 5 rings (SSSR count). The number of hydrogen-bond donors (Lipinski definition) is 1. The molecule has 2 aliphatic rings. The third-order valence-corrected chi connectivity index (χ3v) is 5.87. The SMILES string of the molecule is Fc1ccccc1-c1ccccc1CN1CCCC1c1nnc2n1CCNC2. The summed E-state index contributed by atoms with van der Waals surface area (Å²) in [6.07, 6.45) is 2.24. The number of nitrogens with zero attached hydrogens (tertiary/aromatic N) is 4. The van der Waals surface area contributed by atoms with Crippen molar-refractivity contribution >= 4 is 0 Å². The van der Waals surface area contributed by atoms with Gasteiger partial charge in [-0.1, -0.05) is 42.5 Å². The average Bonchev–Trinajstić information content (AvgIpc) is 3.35. The molecule has 0 radical (unpaired) electrons. The van der Waals surface area contributed by atoms with Crippen LogP contribution in [-0.4, -0.2) is 32.8 Å². The summed E-state index contributed by atoms with van der Waals surface area (Å²) in [5, 5.41) is 12.3. The standard InChI is InChI=1S/C22H24FN5/c23-19-9-4-3-8-18(19)17-7-2-1-6-16(17)15-27-12-5-10-20(27)22-26-25-21-14-24-11-13-28(21)22/h1-4,6-9,20,24H,5,10-15H2. The van der Waals surface area contributed by atoms with Crippen LogP contribution in [0.3, 0.4) is 0 Å². The highest BCUT2D eigenvalue weighted by Gasteiger charge is 2.32. The van der Waals surface area contributed by atoms with Gasteiger partial charge in [-0.3, -0.25) is 4.90 Å². The molecular weight excluding hydrogens is 353 g/mol. The molecule has 3 heterocycles. The van der Waals surface area contributed by atoms with Gasteiger partial charge in [0.15, 0.2) is 5.82 Å². The number of rotatable bonds is 4. The molecule has 5 nitrogen and oxygen atoms in total. The molecule has 2 aliphatic heterocycles. The number of likely N-dealkylation sites (tertiary alicyclic amines) is 1. The van der Waals surface area contributed by atoms with Crippen LogP contribution in [0.5, 0.6) is 0 Å². The Morgan fingerprint density at radius 3 is 2.71 bits per heavy atom. The molecule has 28 heavy (non-hydrogen) atoms. The Bertz CT molecular complexity index is 983. The maximum absolute atomic E-state index is 14.4. The van der Waals surface area contributed by atoms with Gasteiger partial charge in [-0.2, -0.15) is 0 Å². The number of halogens is 1. The zero-order chi connectivity index (χ0) is 18.9. The van der Waals surface area contributed by atoms with Gasteiger partial charge >= 0.3 is 0 Å². The van der Waals surface area contributed by atoms with Gasteiger partial charge in [0, 0.05) is 25.2 Å². The Morgan fingerprint density at radius 2 is 1.82 bits per heavy atom. The molecule has 0 amide bonds. The first-order chi connectivity index (χ1) is 13.8. The van der Waals surface area contributed by atoms with E-state index in [2.05, 4.69) is 31.0 Å². The van der Waals surface area contributed by atoms with Crippen LogP contribution in [-0.2, 0) is 19.6 Å². The van der Waals surface area contributed by atoms with Crippen LogP contribution in [0, 0.1) is 5.82 Å². The molecule has 1 fully saturated rings. The first-order valence-electron chi connectivity index (χ1n) is 10.0. The molecule has 144 valence electrons. The van der Waals surface area contributed by atoms with Crippen molar-refractivity contribution < 1.29 is 4.39 Å². The van der Waals surface area contributed by atoms with Crippen molar-refractivity contribution in [3.63, 3.8) is 0 Å². The van der Waals surface area contributed by atoms with Gasteiger partial charge in [-0.25, -0.2) is 4.39 Å². The van der Waals surface area contributed by atoms with Gasteiger partial charge in [0.05, 0.1) is 12.6 Å². The van der Waals surface area contributed by atoms with E-state index in [1.807, 2.05) is 30.3 Å². The van der Waals surface area contributed by atoms with Crippen molar-refractivity contribution in [1.82, 2.24) is 25.0 Å². The Morgan fingerprint density at radius 1 is 1.00 bits per heavy atom. The second-order valence-electron chi connectivity index (χ2n) is 7.57. The summed E-state index contributed by atoms with van der Waals surface area (Å²) in [5.74, 6) is 1.93. The highest BCUT2D eigenvalue weighted by atomic mass is 19.1. The van der Waals surface area contributed by atoms with E-state index < -0.39 is 0 Å². The fraction of sp³-hybridized carbons (Fsp3) is 0.364. The maximum atomic E-state index is 14.4. The minimum absolute atomic E-state index is 0.174. The molecule has 0 aliphatic carbocycles. The summed E-state index contributed by atoms with van der Waals surface area (Å²) < 4.78 is 16.7. The highest BCUT2D eigenvalue weighted by molar-refractivity contribution is 5.67. The van der Waals surface area contributed by atoms with Crippen LogP contribution in [0.4, 0.5) is 4.39 Å². The summed E-state index contributed by atoms with van der Waals surface area (Å²) in [4.78, 5) is 2.47. The number of aromatic nitrogens is 3. The van der Waals surface area contributed by atoms with Crippen LogP contribution < -0.4 is 5.32 Å². The predicted molar refractivity (Wildman–Crippen MR) is 106 cm³/mol. The van der Waals surface area contributed by atoms with Crippen LogP contribution >= 0.6 is 0 Å². The molecule has 1 atom stereocenters. The van der Waals surface area contributed by atoms with E-state index >= 15 is 0 Å². The molecule has 0 saturated carbocycles. The molecule has 1 N–H and O–H groups in total. The minimum Gasteiger partial charge on any atom is -0.311 e. The van der Waals surface area contributed by atoms with Gasteiger partial charge in [0.25, 0.3) is 0 Å². The summed E-state index contributed by atoms with van der Waals surface area (Å²) >= 11 is 0. The number of nitrogens with one attached hydrogen (secondary N) is 1. The molecule has 1 aromatic heterocycles. The van der Waals surface area contributed by atoms with E-state index in [-0.39, 0.29) is 11.9 Å². The molecule has 2 aromatic carbocycles. The van der Waals surface area contributed by atoms with Crippen LogP contribution in [0.2, 0.25) is 0 Å². The molecule has 0 spiro atoms. The lowest BCUT2D eigenvalue weighted by Gasteiger charge is -2.26. The second-order valence-corrected chi connectivity index (χ2v) is 7.57. The summed E-state index contributed by atoms with van der Waals surface area (Å²) in [5.41, 5.74) is 2.79. The average molecular weight is 377 g/mol. The Kier molecular flexibility index (Phi) is 4.66. The third-order valence-electron chi connectivity index (χ3n) is 5.87. The van der Waals surface area contributed by atoms with Crippen molar-refractivity contribution in [3.8, 4) is 11.1 Å². The van der Waals surface area contributed by atoms with E-state index in [9.17, 15) is 4.39 Å². The summed E-state index contributed by atoms with van der Waals surface area (Å²) in [6.45, 7) is 4.48. The number of fused-ring (bicyclic) bond motifs is 1. The summed E-state index contributed by atoms with van der Waals surface area (Å²) in [6, 6.07) is 15.4. The number of benzene rings is 2. The van der Waals surface area contributed by atoms with Crippen molar-refractivity contribution in [1.29, 1.82) is 0 Å². The Hall–Kier alpha value is -2.57. The van der Waals surface area contributed by atoms with E-state index in [0.717, 1.165) is 68.3 Å². The van der Waals surface area contributed by atoms with Crippen LogP contribution in [0.1, 0.15) is 36.1 Å². The van der Waals surface area contributed by atoms with Gasteiger partial charge < -0.3 is 9.88 Å². The minimum atomic E-state index is -0.174. The fourth-order valence-electron chi connectivity index (χ4n) is 4.49. The van der Waals surface area contributed by atoms with Gasteiger partial charge in [-0.05, 0) is 36.6 Å². The quantitative estimate of drug-likeness (QED) is 0.756. The van der Waals surface area contributed by atoms with Crippen molar-refractivity contribution in [2.24, 2.45) is 0 Å². The lowest BCUT2D eigenvalue weighted by atomic mass is 9.98. The van der Waals surface area contributed by atoms with E-state index in [4.69, 9.17) is 0 Å². The molecule has 0 bridgehead atoms. The van der Waals surface area contributed by atoms with Crippen molar-refractivity contribution in [3.05, 3.63) is 71.6 Å². The van der Waals surface area contributed by atoms with E-state index in [1.165, 1.54) is 6.07 Å². The van der Waals surface area contributed by atoms with Crippen molar-refractivity contribution in [2.75, 3.05) is 13.1 Å². The normalized spacial score (nSPS) is 19.7. The predicted octanol–water partition coefficient (Wildman–Crippen LogP) is 3.52. The Balaban J connectivity index is 1.45. The lowest BCUT2D eigenvalue weighted by molar-refractivity contribution is 0.233. The topological polar surface area (TPSA) is 46.0 Å². The van der Waals surface area contributed by atoms with Crippen LogP contribution in [0.25, 0.3) is 11.1 Å². The van der Waals surface area contributed by atoms with E-state index in [0.29, 0.717) is 5.56 Å². The van der Waals surface area contributed by atoms with Crippen molar-refractivity contribution in [2.45, 2.75) is 38.5 Å². The van der Waals surface area contributed by atoms with Crippen LogP contribution in [0.15, 0.2) is 48.5 Å². The number of hydrogen-bond acceptors (Lipinski definition) is 4. The van der Waals surface area contributed by atoms with Gasteiger partial charge in [0.2, 0.25) is 0 Å². The van der Waals surface area contributed by atoms with Gasteiger partial charge in [0.1, 0.15) is 11.6 Å². The second kappa shape index (κ2) is 7.45.